The van der Waals surface area contributed by atoms with Crippen molar-refractivity contribution < 1.29 is 13.2 Å². The van der Waals surface area contributed by atoms with Gasteiger partial charge in [-0.2, -0.15) is 9.61 Å². The minimum Gasteiger partial charge on any atom is -0.496 e. The van der Waals surface area contributed by atoms with E-state index in [1.54, 1.807) is 13.2 Å². The van der Waals surface area contributed by atoms with Crippen LogP contribution in [0.5, 0.6) is 5.75 Å². The first-order valence-electron chi connectivity index (χ1n) is 8.75. The van der Waals surface area contributed by atoms with Crippen LogP contribution in [0.25, 0.3) is 4.96 Å². The molecule has 0 aliphatic rings. The van der Waals surface area contributed by atoms with E-state index in [0.717, 1.165) is 10.6 Å². The van der Waals surface area contributed by atoms with Gasteiger partial charge in [-0.25, -0.2) is 18.1 Å². The second-order valence-corrected chi connectivity index (χ2v) is 9.55. The number of methoxy groups -OCH3 is 1. The van der Waals surface area contributed by atoms with Crippen LogP contribution in [0.3, 0.4) is 0 Å². The molecule has 0 fully saturated rings. The Morgan fingerprint density at radius 1 is 1.19 bits per heavy atom. The van der Waals surface area contributed by atoms with Crippen molar-refractivity contribution in [3.63, 3.8) is 0 Å². The van der Waals surface area contributed by atoms with Gasteiger partial charge in [0.05, 0.1) is 12.8 Å². The Morgan fingerprint density at radius 3 is 2.52 bits per heavy atom. The van der Waals surface area contributed by atoms with Crippen molar-refractivity contribution in [2.24, 2.45) is 0 Å². The van der Waals surface area contributed by atoms with E-state index >= 15 is 0 Å². The number of nitrogens with zero attached hydrogens (tertiary/aromatic N) is 3. The smallest absolute Gasteiger partial charge is 0.260 e. The molecule has 7 nitrogen and oxygen atoms in total. The van der Waals surface area contributed by atoms with Crippen LogP contribution in [-0.2, 0) is 16.6 Å². The maximum atomic E-state index is 13.1. The number of rotatable bonds is 7. The molecule has 2 heterocycles. The Balaban J connectivity index is 2.02. The number of benzene rings is 1. The van der Waals surface area contributed by atoms with Gasteiger partial charge in [0.15, 0.2) is 5.03 Å². The Bertz CT molecular complexity index is 1050. The zero-order valence-corrected chi connectivity index (χ0v) is 17.7. The van der Waals surface area contributed by atoms with Crippen LogP contribution in [-0.4, -0.2) is 30.1 Å². The van der Waals surface area contributed by atoms with Gasteiger partial charge < -0.3 is 4.74 Å². The molecule has 1 aromatic carbocycles. The van der Waals surface area contributed by atoms with Crippen molar-refractivity contribution in [3.05, 3.63) is 40.5 Å². The Kier molecular flexibility index (Phi) is 5.55. The van der Waals surface area contributed by atoms with E-state index in [2.05, 4.69) is 14.8 Å². The summed E-state index contributed by atoms with van der Waals surface area (Å²) in [6.07, 6.45) is 0. The number of hydrogen-bond acceptors (Lipinski definition) is 6. The summed E-state index contributed by atoms with van der Waals surface area (Å²) >= 11 is 1.42. The van der Waals surface area contributed by atoms with E-state index < -0.39 is 10.0 Å². The molecule has 0 saturated heterocycles. The molecule has 0 bridgehead atoms. The van der Waals surface area contributed by atoms with Gasteiger partial charge in [-0.1, -0.05) is 57.2 Å². The highest BCUT2D eigenvalue weighted by Crippen LogP contribution is 2.30. The normalized spacial score (nSPS) is 12.4. The van der Waals surface area contributed by atoms with Crippen LogP contribution in [0.15, 0.2) is 29.3 Å². The van der Waals surface area contributed by atoms with Crippen LogP contribution in [0, 0.1) is 0 Å². The summed E-state index contributed by atoms with van der Waals surface area (Å²) in [5.74, 6) is 0.800. The molecule has 0 aliphatic heterocycles. The molecule has 0 spiro atoms. The van der Waals surface area contributed by atoms with Crippen molar-refractivity contribution in [1.82, 2.24) is 19.3 Å². The lowest BCUT2D eigenvalue weighted by molar-refractivity contribution is 0.409. The summed E-state index contributed by atoms with van der Waals surface area (Å²) in [6, 6.07) is 7.32. The van der Waals surface area contributed by atoms with Gasteiger partial charge >= 0.3 is 0 Å². The lowest BCUT2D eigenvalue weighted by Gasteiger charge is -2.11. The largest absolute Gasteiger partial charge is 0.496 e. The number of sulfonamides is 1. The van der Waals surface area contributed by atoms with Crippen molar-refractivity contribution in [2.45, 2.75) is 51.1 Å². The maximum absolute atomic E-state index is 13.1. The van der Waals surface area contributed by atoms with Crippen molar-refractivity contribution in [2.75, 3.05) is 7.11 Å². The first-order valence-corrected chi connectivity index (χ1v) is 11.1. The van der Waals surface area contributed by atoms with Crippen LogP contribution in [0.4, 0.5) is 0 Å². The summed E-state index contributed by atoms with van der Waals surface area (Å²) in [6.45, 7) is 8.02. The highest BCUT2D eigenvalue weighted by atomic mass is 32.2. The molecule has 0 unspecified atom stereocenters. The average molecular weight is 409 g/mol. The number of ether oxygens (including phenoxy) is 1. The zero-order valence-electron chi connectivity index (χ0n) is 16.1. The van der Waals surface area contributed by atoms with E-state index in [1.165, 1.54) is 15.9 Å². The molecule has 3 aromatic rings. The van der Waals surface area contributed by atoms with Crippen molar-refractivity contribution >= 4 is 26.3 Å². The quantitative estimate of drug-likeness (QED) is 0.646. The molecule has 9 heteroatoms. The van der Waals surface area contributed by atoms with E-state index in [0.29, 0.717) is 16.4 Å². The lowest BCUT2D eigenvalue weighted by Crippen LogP contribution is -2.26. The topological polar surface area (TPSA) is 85.6 Å². The van der Waals surface area contributed by atoms with E-state index in [4.69, 9.17) is 4.74 Å². The van der Waals surface area contributed by atoms with Gasteiger partial charge in [0.1, 0.15) is 10.8 Å². The number of hydrogen-bond donors (Lipinski definition) is 1. The Hall–Kier alpha value is -1.97. The van der Waals surface area contributed by atoms with Crippen molar-refractivity contribution in [3.8, 4) is 5.75 Å². The summed E-state index contributed by atoms with van der Waals surface area (Å²) in [5, 5.41) is 5.47. The highest BCUT2D eigenvalue weighted by Gasteiger charge is 2.29. The molecule has 27 heavy (non-hydrogen) atoms. The maximum Gasteiger partial charge on any atom is 0.260 e. The molecule has 0 amide bonds. The minimum atomic E-state index is -3.82. The van der Waals surface area contributed by atoms with Crippen LogP contribution in [0.2, 0.25) is 0 Å². The molecule has 0 radical (unpaired) electrons. The predicted molar refractivity (Wildman–Crippen MR) is 106 cm³/mol. The van der Waals surface area contributed by atoms with Gasteiger partial charge in [-0.05, 0) is 12.0 Å². The fourth-order valence-electron chi connectivity index (χ4n) is 2.71. The third kappa shape index (κ3) is 3.85. The van der Waals surface area contributed by atoms with E-state index in [1.807, 2.05) is 45.9 Å². The minimum absolute atomic E-state index is 0.0424. The van der Waals surface area contributed by atoms with Gasteiger partial charge in [0.25, 0.3) is 10.0 Å². The third-order valence-corrected chi connectivity index (χ3v) is 6.77. The van der Waals surface area contributed by atoms with E-state index in [-0.39, 0.29) is 23.4 Å². The first kappa shape index (κ1) is 19.8. The molecule has 3 rings (SSSR count). The Morgan fingerprint density at radius 2 is 1.89 bits per heavy atom. The number of nitrogens with one attached hydrogen (secondary N) is 1. The monoisotopic (exact) mass is 408 g/mol. The molecule has 0 saturated carbocycles. The molecular formula is C18H24N4O3S2. The van der Waals surface area contributed by atoms with Gasteiger partial charge in [-0.3, -0.25) is 0 Å². The van der Waals surface area contributed by atoms with Crippen LogP contribution in [0.1, 0.15) is 55.8 Å². The zero-order chi connectivity index (χ0) is 19.8. The molecule has 1 N–H and O–H groups in total. The van der Waals surface area contributed by atoms with Crippen LogP contribution >= 0.6 is 11.3 Å². The summed E-state index contributed by atoms with van der Waals surface area (Å²) in [4.78, 5) is 5.14. The molecule has 0 atom stereocenters. The number of fused-ring (bicyclic) bond motifs is 1. The fraction of sp³-hybridized carbons (Fsp3) is 0.444. The summed E-state index contributed by atoms with van der Waals surface area (Å²) in [7, 11) is -2.25. The predicted octanol–water partition coefficient (Wildman–Crippen LogP) is 3.52. The third-order valence-electron chi connectivity index (χ3n) is 4.14. The summed E-state index contributed by atoms with van der Waals surface area (Å²) in [5.41, 5.74) is 1.29. The summed E-state index contributed by atoms with van der Waals surface area (Å²) < 4.78 is 35.7. The fourth-order valence-corrected chi connectivity index (χ4v) is 5.07. The second kappa shape index (κ2) is 7.57. The van der Waals surface area contributed by atoms with Gasteiger partial charge in [0, 0.05) is 18.0 Å². The van der Waals surface area contributed by atoms with Crippen LogP contribution < -0.4 is 9.46 Å². The molecular weight excluding hydrogens is 384 g/mol. The molecule has 0 aliphatic carbocycles. The number of imidazole rings is 1. The lowest BCUT2D eigenvalue weighted by atomic mass is 10.2. The standard InChI is InChI=1S/C18H24N4O3S2/c1-11(2)15-17(22-18(20-15)26-16(21-22)12(3)4)27(23,24)19-10-13-8-6-7-9-14(13)25-5/h6-9,11-12,19H,10H2,1-5H3. The molecule has 146 valence electrons. The highest BCUT2D eigenvalue weighted by molar-refractivity contribution is 7.89. The number of aromatic nitrogens is 3. The average Bonchev–Trinajstić information content (AvgIpc) is 3.18. The SMILES string of the molecule is COc1ccccc1CNS(=O)(=O)c1c(C(C)C)nc2sc(C(C)C)nn12. The second-order valence-electron chi connectivity index (χ2n) is 6.88. The first-order chi connectivity index (χ1) is 12.7. The molecule has 2 aromatic heterocycles. The van der Waals surface area contributed by atoms with Gasteiger partial charge in [0.2, 0.25) is 4.96 Å². The Labute approximate surface area is 163 Å². The number of para-hydroxylation sites is 1. The van der Waals surface area contributed by atoms with E-state index in [9.17, 15) is 8.42 Å². The van der Waals surface area contributed by atoms with Crippen molar-refractivity contribution in [1.29, 1.82) is 0 Å². The van der Waals surface area contributed by atoms with Gasteiger partial charge in [-0.15, -0.1) is 0 Å².